The third-order valence-electron chi connectivity index (χ3n) is 6.43. The second-order valence-corrected chi connectivity index (χ2v) is 9.26. The fraction of sp³-hybridized carbons (Fsp3) is 0.233. The number of carbonyl (C=O) groups is 3. The highest BCUT2D eigenvalue weighted by atomic mass is 19.1. The van der Waals surface area contributed by atoms with Crippen LogP contribution in [-0.2, 0) is 11.3 Å². The van der Waals surface area contributed by atoms with Crippen LogP contribution in [0.25, 0.3) is 5.57 Å². The minimum absolute atomic E-state index is 0.149. The summed E-state index contributed by atoms with van der Waals surface area (Å²) in [4.78, 5) is 37.7. The van der Waals surface area contributed by atoms with E-state index in [-0.39, 0.29) is 12.1 Å². The summed E-state index contributed by atoms with van der Waals surface area (Å²) < 4.78 is 27.0. The Bertz CT molecular complexity index is 1360. The summed E-state index contributed by atoms with van der Waals surface area (Å²) in [6.07, 6.45) is 4.47. The maximum atomic E-state index is 13.7. The van der Waals surface area contributed by atoms with Crippen molar-refractivity contribution >= 4 is 34.9 Å². The number of carboxylic acid groups (broad SMARTS) is 1. The zero-order valence-corrected chi connectivity index (χ0v) is 21.2. The predicted molar refractivity (Wildman–Crippen MR) is 146 cm³/mol. The summed E-state index contributed by atoms with van der Waals surface area (Å²) in [6, 6.07) is 19.2. The molecule has 0 spiro atoms. The largest absolute Gasteiger partial charge is 0.479 e. The van der Waals surface area contributed by atoms with Gasteiger partial charge in [0.25, 0.3) is 5.91 Å². The molecule has 7 nitrogen and oxygen atoms in total. The Balaban J connectivity index is 1.52. The topological polar surface area (TPSA) is 98.7 Å². The molecule has 1 unspecified atom stereocenters. The fourth-order valence-corrected chi connectivity index (χ4v) is 4.31. The monoisotopic (exact) mass is 533 g/mol. The molecule has 0 radical (unpaired) electrons. The lowest BCUT2D eigenvalue weighted by molar-refractivity contribution is -0.142. The number of hydrogen-bond acceptors (Lipinski definition) is 3. The number of alkyl halides is 1. The van der Waals surface area contributed by atoms with Gasteiger partial charge >= 0.3 is 12.0 Å². The number of anilines is 2. The molecule has 3 amide bonds. The predicted octanol–water partition coefficient (Wildman–Crippen LogP) is 6.17. The maximum Gasteiger partial charge on any atom is 0.340 e. The Kier molecular flexibility index (Phi) is 9.04. The smallest absolute Gasteiger partial charge is 0.340 e. The molecule has 39 heavy (non-hydrogen) atoms. The van der Waals surface area contributed by atoms with Crippen LogP contribution in [0.1, 0.15) is 47.2 Å². The number of carbonyl (C=O) groups excluding carboxylic acids is 2. The van der Waals surface area contributed by atoms with E-state index in [1.807, 2.05) is 24.3 Å². The first-order valence-corrected chi connectivity index (χ1v) is 12.7. The highest BCUT2D eigenvalue weighted by molar-refractivity contribution is 6.01. The molecule has 3 aromatic carbocycles. The molecule has 0 bridgehead atoms. The number of urea groups is 1. The Morgan fingerprint density at radius 1 is 0.974 bits per heavy atom. The lowest BCUT2D eigenvalue weighted by atomic mass is 9.93. The summed E-state index contributed by atoms with van der Waals surface area (Å²) in [5, 5.41) is 13.6. The van der Waals surface area contributed by atoms with E-state index in [4.69, 9.17) is 5.11 Å². The molecule has 3 aromatic rings. The third kappa shape index (κ3) is 7.50. The van der Waals surface area contributed by atoms with E-state index in [0.717, 1.165) is 24.8 Å². The quantitative estimate of drug-likeness (QED) is 0.306. The first-order chi connectivity index (χ1) is 18.8. The van der Waals surface area contributed by atoms with Gasteiger partial charge in [-0.2, -0.15) is 0 Å². The molecule has 1 aliphatic carbocycles. The van der Waals surface area contributed by atoms with Crippen molar-refractivity contribution in [2.45, 2.75) is 38.4 Å². The molecule has 3 N–H and O–H groups in total. The first kappa shape index (κ1) is 27.5. The van der Waals surface area contributed by atoms with Crippen LogP contribution >= 0.6 is 0 Å². The Morgan fingerprint density at radius 2 is 1.72 bits per heavy atom. The molecule has 0 heterocycles. The number of rotatable bonds is 9. The van der Waals surface area contributed by atoms with Gasteiger partial charge in [0.05, 0.1) is 13.1 Å². The lowest BCUT2D eigenvalue weighted by Gasteiger charge is -2.24. The number of benzene rings is 3. The Labute approximate surface area is 225 Å². The van der Waals surface area contributed by atoms with Gasteiger partial charge in [-0.15, -0.1) is 0 Å². The van der Waals surface area contributed by atoms with Crippen LogP contribution in [0.15, 0.2) is 78.9 Å². The normalized spacial score (nSPS) is 13.6. The average Bonchev–Trinajstić information content (AvgIpc) is 2.95. The first-order valence-electron chi connectivity index (χ1n) is 12.7. The van der Waals surface area contributed by atoms with Gasteiger partial charge in [0.15, 0.2) is 0 Å². The van der Waals surface area contributed by atoms with Crippen LogP contribution in [0.3, 0.4) is 0 Å². The van der Waals surface area contributed by atoms with Gasteiger partial charge in [-0.05, 0) is 84.8 Å². The number of amides is 3. The van der Waals surface area contributed by atoms with E-state index in [1.165, 1.54) is 47.2 Å². The van der Waals surface area contributed by atoms with Crippen LogP contribution in [0.4, 0.5) is 25.0 Å². The molecule has 0 fully saturated rings. The van der Waals surface area contributed by atoms with E-state index < -0.39 is 36.4 Å². The molecule has 202 valence electrons. The van der Waals surface area contributed by atoms with Gasteiger partial charge in [0.2, 0.25) is 6.17 Å². The number of aliphatic carboxylic acids is 1. The molecule has 9 heteroatoms. The van der Waals surface area contributed by atoms with E-state index in [0.29, 0.717) is 16.9 Å². The number of hydrogen-bond donors (Lipinski definition) is 3. The second-order valence-electron chi connectivity index (χ2n) is 9.26. The van der Waals surface area contributed by atoms with Crippen molar-refractivity contribution in [3.63, 3.8) is 0 Å². The fourth-order valence-electron chi connectivity index (χ4n) is 4.31. The molecule has 0 aliphatic heterocycles. The number of allylic oxidation sites excluding steroid dienone is 2. The van der Waals surface area contributed by atoms with Gasteiger partial charge in [-0.25, -0.2) is 18.4 Å². The van der Waals surface area contributed by atoms with E-state index in [2.05, 4.69) is 16.7 Å². The molecular formula is C30H29F2N3O4. The van der Waals surface area contributed by atoms with Crippen molar-refractivity contribution in [3.8, 4) is 0 Å². The SMILES string of the molecule is O=C(NCC(F)C(=O)O)c1ccc(CN(C(=O)Nc2cccc(F)c2)c2ccc(C3=CCCCC3)cc2)cc1. The van der Waals surface area contributed by atoms with Crippen LogP contribution in [0, 0.1) is 5.82 Å². The molecule has 1 atom stereocenters. The third-order valence-corrected chi connectivity index (χ3v) is 6.43. The highest BCUT2D eigenvalue weighted by Crippen LogP contribution is 2.29. The van der Waals surface area contributed by atoms with Gasteiger partial charge in [-0.1, -0.05) is 36.4 Å². The molecule has 0 aromatic heterocycles. The van der Waals surface area contributed by atoms with Crippen molar-refractivity contribution in [2.24, 2.45) is 0 Å². The number of carboxylic acids is 1. The van der Waals surface area contributed by atoms with Crippen molar-refractivity contribution in [2.75, 3.05) is 16.8 Å². The number of nitrogens with zero attached hydrogens (tertiary/aromatic N) is 1. The van der Waals surface area contributed by atoms with Crippen LogP contribution < -0.4 is 15.5 Å². The minimum Gasteiger partial charge on any atom is -0.479 e. The average molecular weight is 534 g/mol. The Morgan fingerprint density at radius 3 is 2.36 bits per heavy atom. The second kappa shape index (κ2) is 12.8. The van der Waals surface area contributed by atoms with Gasteiger partial charge < -0.3 is 15.7 Å². The molecule has 4 rings (SSSR count). The van der Waals surface area contributed by atoms with Crippen molar-refractivity contribution < 1.29 is 28.3 Å². The van der Waals surface area contributed by atoms with E-state index in [1.54, 1.807) is 18.2 Å². The molecule has 0 saturated carbocycles. The standard InChI is InChI=1S/C30H29F2N3O4/c31-24-7-4-8-25(17-24)34-30(39)35(26-15-13-22(14-16-26)21-5-2-1-3-6-21)19-20-9-11-23(12-10-20)28(36)33-18-27(32)29(37)38/h4-5,7-17,27H,1-3,6,18-19H2,(H,33,36)(H,34,39)(H,37,38). The van der Waals surface area contributed by atoms with Gasteiger partial charge in [-0.3, -0.25) is 9.69 Å². The van der Waals surface area contributed by atoms with Crippen molar-refractivity contribution in [1.29, 1.82) is 0 Å². The molecule has 1 aliphatic rings. The summed E-state index contributed by atoms with van der Waals surface area (Å²) in [5.74, 6) is -2.73. The van der Waals surface area contributed by atoms with E-state index >= 15 is 0 Å². The van der Waals surface area contributed by atoms with Gasteiger partial charge in [0.1, 0.15) is 5.82 Å². The van der Waals surface area contributed by atoms with Crippen LogP contribution in [-0.4, -0.2) is 35.7 Å². The zero-order chi connectivity index (χ0) is 27.8. The highest BCUT2D eigenvalue weighted by Gasteiger charge is 2.19. The lowest BCUT2D eigenvalue weighted by Crippen LogP contribution is -2.35. The zero-order valence-electron chi connectivity index (χ0n) is 21.2. The van der Waals surface area contributed by atoms with Crippen LogP contribution in [0.2, 0.25) is 0 Å². The maximum absolute atomic E-state index is 13.7. The van der Waals surface area contributed by atoms with Crippen molar-refractivity contribution in [1.82, 2.24) is 5.32 Å². The molecule has 0 saturated heterocycles. The van der Waals surface area contributed by atoms with E-state index in [9.17, 15) is 23.2 Å². The van der Waals surface area contributed by atoms with Crippen molar-refractivity contribution in [3.05, 3.63) is 101 Å². The summed E-state index contributed by atoms with van der Waals surface area (Å²) in [6.45, 7) is -0.493. The Hall–Kier alpha value is -4.53. The summed E-state index contributed by atoms with van der Waals surface area (Å²) in [7, 11) is 0. The number of halogens is 2. The number of nitrogens with one attached hydrogen (secondary N) is 2. The molecular weight excluding hydrogens is 504 g/mol. The minimum atomic E-state index is -2.20. The summed E-state index contributed by atoms with van der Waals surface area (Å²) >= 11 is 0. The van der Waals surface area contributed by atoms with Crippen LogP contribution in [0.5, 0.6) is 0 Å². The summed E-state index contributed by atoms with van der Waals surface area (Å²) in [5.41, 5.74) is 4.27. The van der Waals surface area contributed by atoms with Gasteiger partial charge in [0, 0.05) is 16.9 Å².